The minimum Gasteiger partial charge on any atom is -0.448 e. The normalized spacial score (nSPS) is 15.5. The quantitative estimate of drug-likeness (QED) is 0.713. The van der Waals surface area contributed by atoms with E-state index in [1.54, 1.807) is 12.1 Å². The summed E-state index contributed by atoms with van der Waals surface area (Å²) in [6.45, 7) is 3.41. The Hall–Kier alpha value is -2.67. The van der Waals surface area contributed by atoms with Crippen LogP contribution in [0.15, 0.2) is 42.5 Å². The molecule has 2 amide bonds. The molecule has 0 radical (unpaired) electrons. The third-order valence-electron chi connectivity index (χ3n) is 4.31. The monoisotopic (exact) mass is 386 g/mol. The highest BCUT2D eigenvalue weighted by molar-refractivity contribution is 7.18. The van der Waals surface area contributed by atoms with E-state index in [1.807, 2.05) is 37.3 Å². The van der Waals surface area contributed by atoms with Crippen LogP contribution in [0, 0.1) is 5.92 Å². The topological polar surface area (TPSA) is 84.5 Å². The van der Waals surface area contributed by atoms with Gasteiger partial charge in [-0.2, -0.15) is 0 Å². The number of carbonyl (C=O) groups is 3. The Bertz CT molecular complexity index is 830. The summed E-state index contributed by atoms with van der Waals surface area (Å²) in [5.74, 6) is -0.863. The van der Waals surface area contributed by atoms with Gasteiger partial charge in [-0.3, -0.25) is 9.59 Å². The zero-order valence-electron chi connectivity index (χ0n) is 15.2. The maximum atomic E-state index is 12.3. The third kappa shape index (κ3) is 5.17. The highest BCUT2D eigenvalue weighted by Gasteiger charge is 2.30. The number of esters is 1. The summed E-state index contributed by atoms with van der Waals surface area (Å²) >= 11 is 1.14. The zero-order valence-corrected chi connectivity index (χ0v) is 16.0. The molecule has 0 aliphatic heterocycles. The number of nitrogens with one attached hydrogen (secondary N) is 2. The van der Waals surface area contributed by atoms with Crippen LogP contribution >= 0.6 is 11.3 Å². The van der Waals surface area contributed by atoms with Crippen LogP contribution in [0.5, 0.6) is 0 Å². The molecule has 27 heavy (non-hydrogen) atoms. The van der Waals surface area contributed by atoms with E-state index in [-0.39, 0.29) is 23.8 Å². The lowest BCUT2D eigenvalue weighted by molar-refractivity contribution is -0.129. The van der Waals surface area contributed by atoms with E-state index in [0.29, 0.717) is 9.88 Å². The Labute approximate surface area is 161 Å². The van der Waals surface area contributed by atoms with Crippen molar-refractivity contribution in [2.24, 2.45) is 5.92 Å². The van der Waals surface area contributed by atoms with Gasteiger partial charge in [0.15, 0.2) is 6.10 Å². The molecule has 2 N–H and O–H groups in total. The van der Waals surface area contributed by atoms with E-state index in [9.17, 15) is 14.4 Å². The van der Waals surface area contributed by atoms with E-state index in [2.05, 4.69) is 10.6 Å². The van der Waals surface area contributed by atoms with Crippen LogP contribution in [0.4, 0.5) is 5.00 Å². The first kappa shape index (κ1) is 19.1. The minimum absolute atomic E-state index is 0.0144. The predicted octanol–water partition coefficient (Wildman–Crippen LogP) is 3.52. The van der Waals surface area contributed by atoms with Gasteiger partial charge in [-0.25, -0.2) is 4.79 Å². The van der Waals surface area contributed by atoms with Gasteiger partial charge in [0.25, 0.3) is 5.91 Å². The number of amides is 2. The summed E-state index contributed by atoms with van der Waals surface area (Å²) in [6.07, 6.45) is 0.913. The minimum atomic E-state index is -0.921. The number of hydrogen-bond acceptors (Lipinski definition) is 5. The third-order valence-corrected chi connectivity index (χ3v) is 5.29. The lowest BCUT2D eigenvalue weighted by Gasteiger charge is -2.18. The Kier molecular flexibility index (Phi) is 5.91. The van der Waals surface area contributed by atoms with E-state index >= 15 is 0 Å². The number of hydrogen-bond donors (Lipinski definition) is 2. The Morgan fingerprint density at radius 2 is 1.78 bits per heavy atom. The van der Waals surface area contributed by atoms with Crippen LogP contribution < -0.4 is 10.6 Å². The van der Waals surface area contributed by atoms with Crippen molar-refractivity contribution in [1.82, 2.24) is 5.32 Å². The van der Waals surface area contributed by atoms with E-state index in [1.165, 1.54) is 6.92 Å². The smallest absolute Gasteiger partial charge is 0.349 e. The summed E-state index contributed by atoms with van der Waals surface area (Å²) in [5.41, 5.74) is 0.971. The second kappa shape index (κ2) is 8.35. The number of benzene rings is 1. The lowest BCUT2D eigenvalue weighted by Crippen LogP contribution is -2.37. The second-order valence-corrected chi connectivity index (χ2v) is 7.70. The van der Waals surface area contributed by atoms with Crippen molar-refractivity contribution in [2.75, 3.05) is 5.32 Å². The van der Waals surface area contributed by atoms with Crippen LogP contribution in [-0.4, -0.2) is 23.9 Å². The number of rotatable bonds is 7. The average molecular weight is 386 g/mol. The van der Waals surface area contributed by atoms with Gasteiger partial charge < -0.3 is 15.4 Å². The number of anilines is 1. The Morgan fingerprint density at radius 1 is 1.07 bits per heavy atom. The molecule has 1 fully saturated rings. The number of thiophene rings is 1. The van der Waals surface area contributed by atoms with E-state index in [4.69, 9.17) is 4.74 Å². The molecule has 1 aliphatic carbocycles. The van der Waals surface area contributed by atoms with Gasteiger partial charge in [-0.05, 0) is 44.4 Å². The van der Waals surface area contributed by atoms with Crippen molar-refractivity contribution in [3.05, 3.63) is 52.9 Å². The fourth-order valence-corrected chi connectivity index (χ4v) is 3.30. The number of ether oxygens (including phenoxy) is 1. The van der Waals surface area contributed by atoms with Crippen LogP contribution in [-0.2, 0) is 14.3 Å². The van der Waals surface area contributed by atoms with Gasteiger partial charge in [0.1, 0.15) is 4.88 Å². The molecule has 2 atom stereocenters. The first-order valence-electron chi connectivity index (χ1n) is 8.91. The second-order valence-electron chi connectivity index (χ2n) is 6.62. The van der Waals surface area contributed by atoms with E-state index < -0.39 is 12.1 Å². The molecule has 1 heterocycles. The van der Waals surface area contributed by atoms with Gasteiger partial charge in [0, 0.05) is 5.92 Å². The van der Waals surface area contributed by atoms with Gasteiger partial charge in [0.05, 0.1) is 11.0 Å². The molecule has 6 nitrogen and oxygen atoms in total. The first-order chi connectivity index (χ1) is 12.9. The lowest BCUT2D eigenvalue weighted by atomic mass is 10.1. The fraction of sp³-hybridized carbons (Fsp3) is 0.350. The molecule has 2 unspecified atom stereocenters. The SMILES string of the molecule is CC(OC(=O)c1ccc(NC(=O)C2CC2)s1)C(=O)NC(C)c1ccccc1. The van der Waals surface area contributed by atoms with Crippen molar-refractivity contribution in [3.63, 3.8) is 0 Å². The van der Waals surface area contributed by atoms with Gasteiger partial charge in [-0.1, -0.05) is 30.3 Å². The highest BCUT2D eigenvalue weighted by atomic mass is 32.1. The summed E-state index contributed by atoms with van der Waals surface area (Å²) in [7, 11) is 0. The highest BCUT2D eigenvalue weighted by Crippen LogP contribution is 2.31. The average Bonchev–Trinajstić information content (AvgIpc) is 3.41. The van der Waals surface area contributed by atoms with Crippen molar-refractivity contribution < 1.29 is 19.1 Å². The van der Waals surface area contributed by atoms with Crippen LogP contribution in [0.1, 0.15) is 48.0 Å². The van der Waals surface area contributed by atoms with Gasteiger partial charge in [0.2, 0.25) is 5.91 Å². The molecule has 0 bridgehead atoms. The molecule has 0 saturated heterocycles. The maximum absolute atomic E-state index is 12.3. The van der Waals surface area contributed by atoms with E-state index in [0.717, 1.165) is 29.7 Å². The molecule has 0 spiro atoms. The first-order valence-corrected chi connectivity index (χ1v) is 9.72. The molecule has 1 aromatic carbocycles. The molecular weight excluding hydrogens is 364 g/mol. The largest absolute Gasteiger partial charge is 0.448 e. The predicted molar refractivity (Wildman–Crippen MR) is 104 cm³/mol. The molecule has 142 valence electrons. The van der Waals surface area contributed by atoms with Crippen LogP contribution in [0.25, 0.3) is 0 Å². The summed E-state index contributed by atoms with van der Waals surface area (Å²) < 4.78 is 5.26. The van der Waals surface area contributed by atoms with Crippen molar-refractivity contribution >= 4 is 34.1 Å². The molecule has 7 heteroatoms. The Morgan fingerprint density at radius 3 is 2.44 bits per heavy atom. The van der Waals surface area contributed by atoms with Crippen molar-refractivity contribution in [2.45, 2.75) is 38.8 Å². The van der Waals surface area contributed by atoms with Crippen LogP contribution in [0.2, 0.25) is 0 Å². The fourth-order valence-electron chi connectivity index (χ4n) is 2.51. The molecule has 1 aliphatic rings. The Balaban J connectivity index is 1.51. The van der Waals surface area contributed by atoms with Crippen molar-refractivity contribution in [1.29, 1.82) is 0 Å². The summed E-state index contributed by atoms with van der Waals surface area (Å²) in [5, 5.41) is 6.23. The standard InChI is InChI=1S/C20H22N2O4S/c1-12(14-6-4-3-5-7-14)21-18(23)13(2)26-20(25)16-10-11-17(27-16)22-19(24)15-8-9-15/h3-7,10-13,15H,8-9H2,1-2H3,(H,21,23)(H,22,24). The van der Waals surface area contributed by atoms with Gasteiger partial charge >= 0.3 is 5.97 Å². The molecular formula is C20H22N2O4S. The summed E-state index contributed by atoms with van der Waals surface area (Å²) in [6, 6.07) is 12.6. The summed E-state index contributed by atoms with van der Waals surface area (Å²) in [4.78, 5) is 36.7. The maximum Gasteiger partial charge on any atom is 0.349 e. The molecule has 3 rings (SSSR count). The molecule has 1 saturated carbocycles. The van der Waals surface area contributed by atoms with Crippen LogP contribution in [0.3, 0.4) is 0 Å². The van der Waals surface area contributed by atoms with Gasteiger partial charge in [-0.15, -0.1) is 11.3 Å². The van der Waals surface area contributed by atoms with Crippen molar-refractivity contribution in [3.8, 4) is 0 Å². The number of carbonyl (C=O) groups excluding carboxylic acids is 3. The molecule has 2 aromatic rings. The zero-order chi connectivity index (χ0) is 19.4. The molecule has 1 aromatic heterocycles.